The van der Waals surface area contributed by atoms with Gasteiger partial charge in [0.15, 0.2) is 0 Å². The summed E-state index contributed by atoms with van der Waals surface area (Å²) in [4.78, 5) is 12.5. The molecule has 5 nitrogen and oxygen atoms in total. The van der Waals surface area contributed by atoms with Crippen LogP contribution in [0.4, 0.5) is 0 Å². The summed E-state index contributed by atoms with van der Waals surface area (Å²) in [6, 6.07) is 14.3. The molecule has 0 aromatic heterocycles. The molecule has 0 radical (unpaired) electrons. The molecule has 2 rings (SSSR count). The number of carbonyl (C=O) groups is 1. The lowest BCUT2D eigenvalue weighted by Gasteiger charge is -2.21. The molecule has 0 spiro atoms. The van der Waals surface area contributed by atoms with E-state index in [2.05, 4.69) is 5.32 Å². The SMILES string of the molecule is COc1ccc(OC)c(C(=O)N[C@H](C)[C@H](O)Cc2ccccc2)c1. The lowest BCUT2D eigenvalue weighted by atomic mass is 10.0. The molecular formula is C19H23NO4. The van der Waals surface area contributed by atoms with Gasteiger partial charge >= 0.3 is 0 Å². The van der Waals surface area contributed by atoms with Crippen molar-refractivity contribution < 1.29 is 19.4 Å². The highest BCUT2D eigenvalue weighted by molar-refractivity contribution is 5.97. The molecule has 0 bridgehead atoms. The molecule has 0 unspecified atom stereocenters. The Bertz CT molecular complexity index is 672. The highest BCUT2D eigenvalue weighted by Crippen LogP contribution is 2.24. The van der Waals surface area contributed by atoms with Gasteiger partial charge in [0, 0.05) is 6.42 Å². The average molecular weight is 329 g/mol. The Kier molecular flexibility index (Phi) is 6.21. The lowest BCUT2D eigenvalue weighted by molar-refractivity contribution is 0.0848. The Labute approximate surface area is 142 Å². The molecule has 1 amide bonds. The van der Waals surface area contributed by atoms with Crippen molar-refractivity contribution in [3.63, 3.8) is 0 Å². The summed E-state index contributed by atoms with van der Waals surface area (Å²) in [5, 5.41) is 13.1. The first-order valence-corrected chi connectivity index (χ1v) is 7.80. The van der Waals surface area contributed by atoms with Gasteiger partial charge in [-0.25, -0.2) is 0 Å². The normalized spacial score (nSPS) is 13.0. The third-order valence-corrected chi connectivity index (χ3v) is 3.87. The van der Waals surface area contributed by atoms with Crippen LogP contribution in [0.1, 0.15) is 22.8 Å². The number of benzene rings is 2. The van der Waals surface area contributed by atoms with Gasteiger partial charge in [-0.2, -0.15) is 0 Å². The number of aliphatic hydroxyl groups excluding tert-OH is 1. The van der Waals surface area contributed by atoms with Crippen LogP contribution in [0, 0.1) is 0 Å². The first kappa shape index (κ1) is 17.8. The summed E-state index contributed by atoms with van der Waals surface area (Å²) in [7, 11) is 3.04. The number of carbonyl (C=O) groups excluding carboxylic acids is 1. The number of hydrogen-bond donors (Lipinski definition) is 2. The Morgan fingerprint density at radius 1 is 1.12 bits per heavy atom. The molecule has 0 aliphatic heterocycles. The largest absolute Gasteiger partial charge is 0.497 e. The van der Waals surface area contributed by atoms with Gasteiger partial charge in [-0.15, -0.1) is 0 Å². The Morgan fingerprint density at radius 2 is 1.83 bits per heavy atom. The fraction of sp³-hybridized carbons (Fsp3) is 0.316. The summed E-state index contributed by atoms with van der Waals surface area (Å²) in [6.45, 7) is 1.78. The zero-order chi connectivity index (χ0) is 17.5. The van der Waals surface area contributed by atoms with E-state index >= 15 is 0 Å². The van der Waals surface area contributed by atoms with E-state index in [1.165, 1.54) is 14.2 Å². The average Bonchev–Trinajstić information content (AvgIpc) is 2.61. The second-order valence-corrected chi connectivity index (χ2v) is 5.59. The predicted molar refractivity (Wildman–Crippen MR) is 92.6 cm³/mol. The van der Waals surface area contributed by atoms with E-state index in [9.17, 15) is 9.90 Å². The summed E-state index contributed by atoms with van der Waals surface area (Å²) in [5.41, 5.74) is 1.39. The number of rotatable bonds is 7. The van der Waals surface area contributed by atoms with Crippen LogP contribution in [0.2, 0.25) is 0 Å². The number of aliphatic hydroxyl groups is 1. The number of hydrogen-bond acceptors (Lipinski definition) is 4. The van der Waals surface area contributed by atoms with Gasteiger partial charge in [-0.3, -0.25) is 4.79 Å². The van der Waals surface area contributed by atoms with E-state index in [-0.39, 0.29) is 5.91 Å². The van der Waals surface area contributed by atoms with Crippen molar-refractivity contribution >= 4 is 5.91 Å². The molecule has 24 heavy (non-hydrogen) atoms. The van der Waals surface area contributed by atoms with Crippen molar-refractivity contribution in [3.05, 3.63) is 59.7 Å². The van der Waals surface area contributed by atoms with Crippen LogP contribution in [0.15, 0.2) is 48.5 Å². The van der Waals surface area contributed by atoms with E-state index in [4.69, 9.17) is 9.47 Å². The predicted octanol–water partition coefficient (Wildman–Crippen LogP) is 2.43. The molecule has 2 aromatic carbocycles. The Hall–Kier alpha value is -2.53. The maximum atomic E-state index is 12.5. The fourth-order valence-corrected chi connectivity index (χ4v) is 2.40. The zero-order valence-electron chi connectivity index (χ0n) is 14.2. The molecule has 5 heteroatoms. The first-order valence-electron chi connectivity index (χ1n) is 7.80. The van der Waals surface area contributed by atoms with Gasteiger partial charge in [0.2, 0.25) is 0 Å². The van der Waals surface area contributed by atoms with Crippen LogP contribution in [0.5, 0.6) is 11.5 Å². The maximum Gasteiger partial charge on any atom is 0.255 e. The van der Waals surface area contributed by atoms with E-state index in [0.29, 0.717) is 23.5 Å². The van der Waals surface area contributed by atoms with Crippen LogP contribution in [-0.2, 0) is 6.42 Å². The smallest absolute Gasteiger partial charge is 0.255 e. The molecule has 128 valence electrons. The number of nitrogens with one attached hydrogen (secondary N) is 1. The molecule has 0 aliphatic carbocycles. The van der Waals surface area contributed by atoms with E-state index < -0.39 is 12.1 Å². The van der Waals surface area contributed by atoms with Crippen molar-refractivity contribution in [2.45, 2.75) is 25.5 Å². The number of methoxy groups -OCH3 is 2. The molecule has 0 aliphatic rings. The van der Waals surface area contributed by atoms with Gasteiger partial charge in [0.1, 0.15) is 11.5 Å². The third kappa shape index (κ3) is 4.49. The van der Waals surface area contributed by atoms with Gasteiger partial charge in [-0.05, 0) is 30.7 Å². The van der Waals surface area contributed by atoms with Crippen molar-refractivity contribution in [3.8, 4) is 11.5 Å². The minimum absolute atomic E-state index is 0.314. The summed E-state index contributed by atoms with van der Waals surface area (Å²) < 4.78 is 10.4. The molecule has 0 saturated carbocycles. The minimum atomic E-state index is -0.687. The van der Waals surface area contributed by atoms with Crippen LogP contribution < -0.4 is 14.8 Å². The minimum Gasteiger partial charge on any atom is -0.497 e. The summed E-state index contributed by atoms with van der Waals surface area (Å²) in [6.07, 6.45) is -0.217. The van der Waals surface area contributed by atoms with Gasteiger partial charge < -0.3 is 19.9 Å². The maximum absolute atomic E-state index is 12.5. The van der Waals surface area contributed by atoms with Crippen LogP contribution in [0.3, 0.4) is 0 Å². The van der Waals surface area contributed by atoms with E-state index in [0.717, 1.165) is 5.56 Å². The molecule has 0 heterocycles. The molecule has 2 N–H and O–H groups in total. The van der Waals surface area contributed by atoms with Crippen molar-refractivity contribution in [1.82, 2.24) is 5.32 Å². The topological polar surface area (TPSA) is 67.8 Å². The molecule has 0 fully saturated rings. The first-order chi connectivity index (χ1) is 11.5. The van der Waals surface area contributed by atoms with Gasteiger partial charge in [0.25, 0.3) is 5.91 Å². The van der Waals surface area contributed by atoms with Crippen LogP contribution in [0.25, 0.3) is 0 Å². The van der Waals surface area contributed by atoms with Gasteiger partial charge in [-0.1, -0.05) is 30.3 Å². The van der Waals surface area contributed by atoms with Crippen molar-refractivity contribution in [2.24, 2.45) is 0 Å². The highest BCUT2D eigenvalue weighted by atomic mass is 16.5. The summed E-state index contributed by atoms with van der Waals surface area (Å²) in [5.74, 6) is 0.710. The van der Waals surface area contributed by atoms with E-state index in [1.807, 2.05) is 30.3 Å². The number of ether oxygens (including phenoxy) is 2. The molecule has 2 aromatic rings. The van der Waals surface area contributed by atoms with E-state index in [1.54, 1.807) is 25.1 Å². The lowest BCUT2D eigenvalue weighted by Crippen LogP contribution is -2.42. The monoisotopic (exact) mass is 329 g/mol. The Morgan fingerprint density at radius 3 is 2.46 bits per heavy atom. The number of amides is 1. The van der Waals surface area contributed by atoms with Crippen LogP contribution in [-0.4, -0.2) is 37.4 Å². The quantitative estimate of drug-likeness (QED) is 0.819. The zero-order valence-corrected chi connectivity index (χ0v) is 14.2. The molecular weight excluding hydrogens is 306 g/mol. The highest BCUT2D eigenvalue weighted by Gasteiger charge is 2.20. The Balaban J connectivity index is 2.05. The molecule has 2 atom stereocenters. The van der Waals surface area contributed by atoms with Crippen molar-refractivity contribution in [1.29, 1.82) is 0 Å². The van der Waals surface area contributed by atoms with Crippen LogP contribution >= 0.6 is 0 Å². The summed E-state index contributed by atoms with van der Waals surface area (Å²) >= 11 is 0. The third-order valence-electron chi connectivity index (χ3n) is 3.87. The standard InChI is InChI=1S/C19H23NO4/c1-13(17(21)11-14-7-5-4-6-8-14)20-19(22)16-12-15(23-2)9-10-18(16)24-3/h4-10,12-13,17,21H,11H2,1-3H3,(H,20,22)/t13-,17-/m1/s1. The van der Waals surface area contributed by atoms with Crippen molar-refractivity contribution in [2.75, 3.05) is 14.2 Å². The molecule has 0 saturated heterocycles. The van der Waals surface area contributed by atoms with Gasteiger partial charge in [0.05, 0.1) is 31.9 Å². The fourth-order valence-electron chi connectivity index (χ4n) is 2.40. The second-order valence-electron chi connectivity index (χ2n) is 5.59. The second kappa shape index (κ2) is 8.36.